The van der Waals surface area contributed by atoms with Gasteiger partial charge in [-0.1, -0.05) is 53.2 Å². The van der Waals surface area contributed by atoms with Crippen molar-refractivity contribution in [3.8, 4) is 0 Å². The van der Waals surface area contributed by atoms with Gasteiger partial charge in [0.2, 0.25) is 0 Å². The third-order valence-electron chi connectivity index (χ3n) is 13.7. The molecule has 5 heteroatoms. The Labute approximate surface area is 216 Å². The van der Waals surface area contributed by atoms with Gasteiger partial charge in [0.25, 0.3) is 0 Å². The maximum absolute atomic E-state index is 13.6. The summed E-state index contributed by atoms with van der Waals surface area (Å²) < 4.78 is 11.8. The summed E-state index contributed by atoms with van der Waals surface area (Å²) >= 11 is 0. The van der Waals surface area contributed by atoms with E-state index < -0.39 is 11.4 Å². The molecule has 1 saturated heterocycles. The van der Waals surface area contributed by atoms with E-state index in [1.54, 1.807) is 0 Å². The van der Waals surface area contributed by atoms with Gasteiger partial charge >= 0.3 is 5.97 Å². The van der Waals surface area contributed by atoms with Gasteiger partial charge in [-0.2, -0.15) is 0 Å². The number of fused-ring (bicyclic) bond motifs is 9. The highest BCUT2D eigenvalue weighted by molar-refractivity contribution is 5.86. The van der Waals surface area contributed by atoms with E-state index in [4.69, 9.17) is 9.47 Å². The minimum atomic E-state index is -0.611. The van der Waals surface area contributed by atoms with Crippen LogP contribution < -0.4 is 0 Å². The van der Waals surface area contributed by atoms with E-state index in [0.717, 1.165) is 44.9 Å². The number of ketones is 1. The number of hydrogen-bond acceptors (Lipinski definition) is 4. The number of hydrogen-bond donors (Lipinski definition) is 1. The van der Waals surface area contributed by atoms with Crippen molar-refractivity contribution >= 4 is 11.8 Å². The smallest absolute Gasteiger partial charge is 0.310 e. The molecular weight excluding hydrogens is 452 g/mol. The van der Waals surface area contributed by atoms with E-state index in [-0.39, 0.29) is 46.3 Å². The molecule has 5 nitrogen and oxygen atoms in total. The molecule has 3 unspecified atom stereocenters. The number of aliphatic carboxylic acids is 1. The lowest BCUT2D eigenvalue weighted by molar-refractivity contribution is -0.266. The second-order valence-electron chi connectivity index (χ2n) is 14.8. The van der Waals surface area contributed by atoms with Crippen LogP contribution in [0.2, 0.25) is 0 Å². The van der Waals surface area contributed by atoms with Gasteiger partial charge in [0.1, 0.15) is 12.9 Å². The Morgan fingerprint density at radius 1 is 1.00 bits per heavy atom. The van der Waals surface area contributed by atoms with Crippen LogP contribution in [0.3, 0.4) is 0 Å². The fourth-order valence-corrected chi connectivity index (χ4v) is 11.4. The zero-order chi connectivity index (χ0) is 25.9. The first-order valence-corrected chi connectivity index (χ1v) is 14.5. The lowest BCUT2D eigenvalue weighted by Gasteiger charge is -2.71. The predicted octanol–water partition coefficient (Wildman–Crippen LogP) is 6.26. The average molecular weight is 499 g/mol. The third kappa shape index (κ3) is 2.80. The van der Waals surface area contributed by atoms with Crippen LogP contribution in [0.5, 0.6) is 0 Å². The monoisotopic (exact) mass is 498 g/mol. The van der Waals surface area contributed by atoms with Crippen molar-refractivity contribution in [2.75, 3.05) is 13.4 Å². The van der Waals surface area contributed by atoms with Crippen LogP contribution in [-0.2, 0) is 19.1 Å². The molecule has 200 valence electrons. The molecule has 1 heterocycles. The van der Waals surface area contributed by atoms with Crippen molar-refractivity contribution in [1.82, 2.24) is 0 Å². The SMILES string of the molecule is C[C@@H]1CC[C@]2(C(=O)O)CC[C@]3(C)C(=CCC4[C@@]5(C)CC(=O)[C@@H]6OCOC[C@@]6(C)C5CC[C@]43C)C2[C@H]1C. The highest BCUT2D eigenvalue weighted by Crippen LogP contribution is 2.75. The van der Waals surface area contributed by atoms with E-state index in [0.29, 0.717) is 36.7 Å². The zero-order valence-electron chi connectivity index (χ0n) is 23.2. The van der Waals surface area contributed by atoms with E-state index in [1.165, 1.54) is 5.57 Å². The van der Waals surface area contributed by atoms with Crippen LogP contribution in [0.4, 0.5) is 0 Å². The number of allylic oxidation sites excluding steroid dienone is 2. The zero-order valence-corrected chi connectivity index (χ0v) is 23.2. The minimum absolute atomic E-state index is 0.0286. The molecule has 0 radical (unpaired) electrons. The topological polar surface area (TPSA) is 72.8 Å². The Bertz CT molecular complexity index is 1020. The van der Waals surface area contributed by atoms with E-state index in [2.05, 4.69) is 47.6 Å². The largest absolute Gasteiger partial charge is 0.481 e. The maximum atomic E-state index is 13.6. The molecule has 0 aromatic carbocycles. The minimum Gasteiger partial charge on any atom is -0.481 e. The Morgan fingerprint density at radius 3 is 2.47 bits per heavy atom. The number of Topliss-reactive ketones (excluding diaryl/α,β-unsaturated/α-hetero) is 1. The summed E-state index contributed by atoms with van der Waals surface area (Å²) in [7, 11) is 0. The standard InChI is InChI=1S/C31H46O5/c1-18-9-12-31(26(33)34)14-13-29(5)20(24(31)19(18)2)7-8-23-27(3)15-21(32)25-28(4,16-35-17-36-25)22(27)10-11-30(23,29)6/h7,18-19,22-25H,8-17H2,1-6H3,(H,33,34)/t18-,19+,22?,23?,24?,25+,27+,28+,29-,30-,31+/m1/s1. The highest BCUT2D eigenvalue weighted by atomic mass is 16.7. The predicted molar refractivity (Wildman–Crippen MR) is 137 cm³/mol. The number of ether oxygens (including phenoxy) is 2. The maximum Gasteiger partial charge on any atom is 0.310 e. The summed E-state index contributed by atoms with van der Waals surface area (Å²) in [6.45, 7) is 15.1. The molecule has 5 aliphatic carbocycles. The highest BCUT2D eigenvalue weighted by Gasteiger charge is 2.71. The summed E-state index contributed by atoms with van der Waals surface area (Å²) in [6, 6.07) is 0. The molecule has 4 saturated carbocycles. The third-order valence-corrected chi connectivity index (χ3v) is 13.7. The van der Waals surface area contributed by atoms with Gasteiger partial charge in [0.15, 0.2) is 5.78 Å². The number of rotatable bonds is 1. The van der Waals surface area contributed by atoms with Crippen molar-refractivity contribution in [2.24, 2.45) is 56.7 Å². The van der Waals surface area contributed by atoms with Gasteiger partial charge in [-0.25, -0.2) is 0 Å². The fraction of sp³-hybridized carbons (Fsp3) is 0.871. The number of carbonyl (C=O) groups excluding carboxylic acids is 1. The fourth-order valence-electron chi connectivity index (χ4n) is 11.4. The molecule has 36 heavy (non-hydrogen) atoms. The van der Waals surface area contributed by atoms with Gasteiger partial charge in [0, 0.05) is 11.8 Å². The summed E-state index contributed by atoms with van der Waals surface area (Å²) in [5.41, 5.74) is 0.489. The van der Waals surface area contributed by atoms with Crippen molar-refractivity contribution in [2.45, 2.75) is 99.0 Å². The molecule has 0 bridgehead atoms. The number of carboxylic acids is 1. The summed E-state index contributed by atoms with van der Waals surface area (Å²) in [5, 5.41) is 10.6. The summed E-state index contributed by atoms with van der Waals surface area (Å²) in [6.07, 6.45) is 9.44. The van der Waals surface area contributed by atoms with Gasteiger partial charge in [-0.05, 0) is 90.8 Å². The molecule has 1 N–H and O–H groups in total. The lowest BCUT2D eigenvalue weighted by Crippen LogP contribution is -2.68. The molecule has 6 rings (SSSR count). The average Bonchev–Trinajstić information content (AvgIpc) is 2.81. The second kappa shape index (κ2) is 7.68. The van der Waals surface area contributed by atoms with E-state index in [9.17, 15) is 14.7 Å². The Morgan fingerprint density at radius 2 is 1.75 bits per heavy atom. The Kier molecular flexibility index (Phi) is 5.36. The molecule has 6 aliphatic rings. The van der Waals surface area contributed by atoms with Crippen LogP contribution in [0.15, 0.2) is 11.6 Å². The van der Waals surface area contributed by atoms with E-state index in [1.807, 2.05) is 0 Å². The van der Waals surface area contributed by atoms with Crippen LogP contribution >= 0.6 is 0 Å². The van der Waals surface area contributed by atoms with Crippen molar-refractivity contribution in [3.63, 3.8) is 0 Å². The van der Waals surface area contributed by atoms with Crippen LogP contribution in [0, 0.1) is 56.7 Å². The summed E-state index contributed by atoms with van der Waals surface area (Å²) in [4.78, 5) is 26.4. The first kappa shape index (κ1) is 25.1. The van der Waals surface area contributed by atoms with Gasteiger partial charge in [-0.3, -0.25) is 9.59 Å². The molecule has 0 aromatic heterocycles. The van der Waals surface area contributed by atoms with Gasteiger partial charge < -0.3 is 14.6 Å². The van der Waals surface area contributed by atoms with Crippen LogP contribution in [-0.4, -0.2) is 36.4 Å². The molecule has 0 spiro atoms. The number of carbonyl (C=O) groups is 2. The van der Waals surface area contributed by atoms with Crippen molar-refractivity contribution in [3.05, 3.63) is 11.6 Å². The first-order chi connectivity index (χ1) is 16.9. The van der Waals surface area contributed by atoms with Gasteiger partial charge in [0.05, 0.1) is 12.0 Å². The van der Waals surface area contributed by atoms with E-state index >= 15 is 0 Å². The Balaban J connectivity index is 1.45. The van der Waals surface area contributed by atoms with Gasteiger partial charge in [-0.15, -0.1) is 0 Å². The van der Waals surface area contributed by atoms with Crippen molar-refractivity contribution < 1.29 is 24.2 Å². The molecule has 11 atom stereocenters. The normalized spacial score (nSPS) is 56.3. The van der Waals surface area contributed by atoms with Crippen molar-refractivity contribution in [1.29, 1.82) is 0 Å². The molecule has 5 fully saturated rings. The molecular formula is C31H46O5. The lowest BCUT2D eigenvalue weighted by atomic mass is 9.33. The van der Waals surface area contributed by atoms with Crippen LogP contribution in [0.1, 0.15) is 92.9 Å². The second-order valence-corrected chi connectivity index (χ2v) is 14.8. The molecule has 1 aliphatic heterocycles. The first-order valence-electron chi connectivity index (χ1n) is 14.5. The molecule has 0 aromatic rings. The quantitative estimate of drug-likeness (QED) is 0.432. The number of carboxylic acid groups (broad SMARTS) is 1. The molecule has 0 amide bonds. The summed E-state index contributed by atoms with van der Waals surface area (Å²) in [5.74, 6) is 1.51. The Hall–Kier alpha value is -1.20. The van der Waals surface area contributed by atoms with Crippen LogP contribution in [0.25, 0.3) is 0 Å².